The Morgan fingerprint density at radius 1 is 1.04 bits per heavy atom. The number of anilines is 1. The van der Waals surface area contributed by atoms with Gasteiger partial charge in [0.25, 0.3) is 5.91 Å². The minimum atomic E-state index is -0.662. The van der Waals surface area contributed by atoms with Gasteiger partial charge in [-0.1, -0.05) is 26.0 Å². The Balaban J connectivity index is 2.38. The Labute approximate surface area is 157 Å². The molecular formula is C20H32N2O4. The lowest BCUT2D eigenvalue weighted by Gasteiger charge is -2.19. The van der Waals surface area contributed by atoms with Gasteiger partial charge in [0.05, 0.1) is 0 Å². The van der Waals surface area contributed by atoms with E-state index in [0.717, 1.165) is 17.7 Å². The number of ether oxygens (including phenoxy) is 2. The van der Waals surface area contributed by atoms with Crippen molar-refractivity contribution < 1.29 is 19.1 Å². The molecule has 6 nitrogen and oxygen atoms in total. The molecule has 1 aromatic rings. The van der Waals surface area contributed by atoms with Crippen LogP contribution in [0.25, 0.3) is 0 Å². The molecule has 1 unspecified atom stereocenters. The first kappa shape index (κ1) is 22.0. The first-order valence-electron chi connectivity index (χ1n) is 8.99. The maximum absolute atomic E-state index is 12.2. The monoisotopic (exact) mass is 364 g/mol. The van der Waals surface area contributed by atoms with Crippen LogP contribution in [0.1, 0.15) is 32.8 Å². The number of carbonyl (C=O) groups is 2. The second-order valence-corrected chi connectivity index (χ2v) is 7.11. The van der Waals surface area contributed by atoms with E-state index in [0.29, 0.717) is 19.1 Å². The van der Waals surface area contributed by atoms with Gasteiger partial charge in [-0.25, -0.2) is 4.79 Å². The number of rotatable bonds is 10. The third kappa shape index (κ3) is 7.87. The van der Waals surface area contributed by atoms with Gasteiger partial charge in [0, 0.05) is 40.0 Å². The lowest BCUT2D eigenvalue weighted by molar-refractivity contribution is -0.161. The highest BCUT2D eigenvalue weighted by atomic mass is 16.6. The van der Waals surface area contributed by atoms with Crippen molar-refractivity contribution >= 4 is 17.6 Å². The van der Waals surface area contributed by atoms with E-state index in [9.17, 15) is 9.59 Å². The van der Waals surface area contributed by atoms with Gasteiger partial charge < -0.3 is 19.3 Å². The molecule has 0 aromatic heterocycles. The van der Waals surface area contributed by atoms with Crippen LogP contribution < -0.4 is 4.90 Å². The lowest BCUT2D eigenvalue weighted by atomic mass is 10.1. The van der Waals surface area contributed by atoms with Crippen LogP contribution in [0.3, 0.4) is 0 Å². The zero-order valence-corrected chi connectivity index (χ0v) is 16.8. The number of esters is 1. The summed E-state index contributed by atoms with van der Waals surface area (Å²) in [6.45, 7) is 6.52. The van der Waals surface area contributed by atoms with E-state index in [1.807, 2.05) is 43.3 Å². The van der Waals surface area contributed by atoms with Gasteiger partial charge in [0.2, 0.25) is 0 Å². The van der Waals surface area contributed by atoms with Crippen LogP contribution >= 0.6 is 0 Å². The normalized spacial score (nSPS) is 12.0. The maximum atomic E-state index is 12.2. The quantitative estimate of drug-likeness (QED) is 0.598. The van der Waals surface area contributed by atoms with Crippen molar-refractivity contribution in [2.75, 3.05) is 39.3 Å². The van der Waals surface area contributed by atoms with Gasteiger partial charge in [0.1, 0.15) is 0 Å². The van der Waals surface area contributed by atoms with Crippen LogP contribution in [0.5, 0.6) is 0 Å². The van der Waals surface area contributed by atoms with Gasteiger partial charge in [0.15, 0.2) is 12.7 Å². The summed E-state index contributed by atoms with van der Waals surface area (Å²) in [5.74, 6) is -0.240. The van der Waals surface area contributed by atoms with Crippen LogP contribution in [-0.4, -0.2) is 57.2 Å². The number of hydrogen-bond donors (Lipinski definition) is 0. The first-order chi connectivity index (χ1) is 12.2. The Kier molecular flexibility index (Phi) is 9.13. The fourth-order valence-electron chi connectivity index (χ4n) is 2.17. The summed E-state index contributed by atoms with van der Waals surface area (Å²) in [4.78, 5) is 27.6. The molecule has 6 heteroatoms. The molecule has 0 aliphatic heterocycles. The average Bonchev–Trinajstić information content (AvgIpc) is 2.59. The standard InChI is InChI=1S/C20H32N2O4/c1-15(2)11-12-25-16(3)20(24)26-14-19(23)22(6)13-17-7-9-18(10-8-17)21(4)5/h7-10,15-16H,11-14H2,1-6H3. The van der Waals surface area contributed by atoms with Gasteiger partial charge >= 0.3 is 5.97 Å². The Morgan fingerprint density at radius 3 is 2.19 bits per heavy atom. The second kappa shape index (κ2) is 10.8. The van der Waals surface area contributed by atoms with Crippen molar-refractivity contribution in [3.05, 3.63) is 29.8 Å². The summed E-state index contributed by atoms with van der Waals surface area (Å²) < 4.78 is 10.5. The van der Waals surface area contributed by atoms with Crippen molar-refractivity contribution in [2.45, 2.75) is 39.8 Å². The van der Waals surface area contributed by atoms with E-state index >= 15 is 0 Å². The summed E-state index contributed by atoms with van der Waals surface area (Å²) in [7, 11) is 5.65. The predicted molar refractivity (Wildman–Crippen MR) is 103 cm³/mol. The van der Waals surface area contributed by atoms with Crippen LogP contribution in [0.15, 0.2) is 24.3 Å². The molecule has 0 N–H and O–H groups in total. The smallest absolute Gasteiger partial charge is 0.335 e. The number of nitrogens with zero attached hydrogens (tertiary/aromatic N) is 2. The molecule has 1 rings (SSSR count). The second-order valence-electron chi connectivity index (χ2n) is 7.11. The highest BCUT2D eigenvalue weighted by molar-refractivity contribution is 5.81. The number of hydrogen-bond acceptors (Lipinski definition) is 5. The molecular weight excluding hydrogens is 332 g/mol. The number of carbonyl (C=O) groups excluding carboxylic acids is 2. The maximum Gasteiger partial charge on any atom is 0.335 e. The van der Waals surface area contributed by atoms with Gasteiger partial charge in [-0.15, -0.1) is 0 Å². The lowest BCUT2D eigenvalue weighted by Crippen LogP contribution is -2.33. The summed E-state index contributed by atoms with van der Waals surface area (Å²) in [5, 5.41) is 0. The van der Waals surface area contributed by atoms with Crippen molar-refractivity contribution in [3.63, 3.8) is 0 Å². The Hall–Kier alpha value is -2.08. The predicted octanol–water partition coefficient (Wildman–Crippen LogP) is 2.71. The van der Waals surface area contributed by atoms with E-state index in [2.05, 4.69) is 13.8 Å². The SMILES string of the molecule is CC(C)CCOC(C)C(=O)OCC(=O)N(C)Cc1ccc(N(C)C)cc1. The van der Waals surface area contributed by atoms with E-state index in [1.165, 1.54) is 0 Å². The summed E-state index contributed by atoms with van der Waals surface area (Å²) in [5.41, 5.74) is 2.12. The molecule has 1 amide bonds. The number of amides is 1. The molecule has 0 bridgehead atoms. The third-order valence-electron chi connectivity index (χ3n) is 4.03. The van der Waals surface area contributed by atoms with Gasteiger partial charge in [-0.05, 0) is 37.0 Å². The largest absolute Gasteiger partial charge is 0.454 e. The Bertz CT molecular complexity index is 570. The fourth-order valence-corrected chi connectivity index (χ4v) is 2.17. The van der Waals surface area contributed by atoms with Gasteiger partial charge in [-0.3, -0.25) is 4.79 Å². The van der Waals surface area contributed by atoms with Crippen LogP contribution in [0.2, 0.25) is 0 Å². The minimum absolute atomic E-state index is 0.246. The molecule has 146 valence electrons. The zero-order chi connectivity index (χ0) is 19.7. The highest BCUT2D eigenvalue weighted by Gasteiger charge is 2.18. The average molecular weight is 364 g/mol. The summed E-state index contributed by atoms with van der Waals surface area (Å²) in [6.07, 6.45) is 0.219. The van der Waals surface area contributed by atoms with Crippen molar-refractivity contribution in [3.8, 4) is 0 Å². The van der Waals surface area contributed by atoms with Crippen molar-refractivity contribution in [1.29, 1.82) is 0 Å². The van der Waals surface area contributed by atoms with Crippen molar-refractivity contribution in [2.24, 2.45) is 5.92 Å². The van der Waals surface area contributed by atoms with Gasteiger partial charge in [-0.2, -0.15) is 0 Å². The van der Waals surface area contributed by atoms with Crippen LogP contribution in [0, 0.1) is 5.92 Å². The van der Waals surface area contributed by atoms with E-state index in [1.54, 1.807) is 18.9 Å². The molecule has 0 heterocycles. The molecule has 26 heavy (non-hydrogen) atoms. The Morgan fingerprint density at radius 2 is 1.65 bits per heavy atom. The molecule has 0 saturated carbocycles. The fraction of sp³-hybridized carbons (Fsp3) is 0.600. The molecule has 1 aromatic carbocycles. The molecule has 0 aliphatic carbocycles. The molecule has 0 aliphatic rings. The van der Waals surface area contributed by atoms with E-state index in [-0.39, 0.29) is 12.5 Å². The van der Waals surface area contributed by atoms with E-state index < -0.39 is 12.1 Å². The van der Waals surface area contributed by atoms with Crippen LogP contribution in [0.4, 0.5) is 5.69 Å². The number of benzene rings is 1. The summed E-state index contributed by atoms with van der Waals surface area (Å²) in [6, 6.07) is 7.97. The molecule has 0 fully saturated rings. The minimum Gasteiger partial charge on any atom is -0.454 e. The highest BCUT2D eigenvalue weighted by Crippen LogP contribution is 2.13. The molecule has 0 radical (unpaired) electrons. The van der Waals surface area contributed by atoms with Crippen LogP contribution in [-0.2, 0) is 25.6 Å². The number of likely N-dealkylation sites (N-methyl/N-ethyl adjacent to an activating group) is 1. The first-order valence-corrected chi connectivity index (χ1v) is 8.99. The molecule has 1 atom stereocenters. The summed E-state index contributed by atoms with van der Waals surface area (Å²) >= 11 is 0. The van der Waals surface area contributed by atoms with E-state index in [4.69, 9.17) is 9.47 Å². The topological polar surface area (TPSA) is 59.1 Å². The molecule has 0 saturated heterocycles. The molecule has 0 spiro atoms. The van der Waals surface area contributed by atoms with Crippen molar-refractivity contribution in [1.82, 2.24) is 4.90 Å². The zero-order valence-electron chi connectivity index (χ0n) is 16.8. The third-order valence-corrected chi connectivity index (χ3v) is 4.03.